The van der Waals surface area contributed by atoms with E-state index in [0.29, 0.717) is 5.95 Å². The Labute approximate surface area is 183 Å². The molecule has 30 heavy (non-hydrogen) atoms. The quantitative estimate of drug-likeness (QED) is 0.383. The Hall–Kier alpha value is -3.03. The van der Waals surface area contributed by atoms with Crippen molar-refractivity contribution >= 4 is 45.4 Å². The minimum Gasteiger partial charge on any atom is -0.324 e. The van der Waals surface area contributed by atoms with Crippen LogP contribution in [0.1, 0.15) is 11.3 Å². The molecule has 0 saturated heterocycles. The molecule has 0 spiro atoms. The fourth-order valence-corrected chi connectivity index (χ4v) is 4.14. The number of benzene rings is 2. The zero-order valence-electron chi connectivity index (χ0n) is 16.6. The highest BCUT2D eigenvalue weighted by Crippen LogP contribution is 2.37. The molecule has 1 N–H and O–H groups in total. The Morgan fingerprint density at radius 1 is 1.07 bits per heavy atom. The minimum atomic E-state index is -0.445. The Morgan fingerprint density at radius 2 is 1.87 bits per heavy atom. The predicted molar refractivity (Wildman–Crippen MR) is 122 cm³/mol. The molecule has 0 radical (unpaired) electrons. The van der Waals surface area contributed by atoms with E-state index in [1.165, 1.54) is 17.4 Å². The smallest absolute Gasteiger partial charge is 0.227 e. The van der Waals surface area contributed by atoms with Crippen molar-refractivity contribution in [3.8, 4) is 10.6 Å². The van der Waals surface area contributed by atoms with E-state index in [-0.39, 0.29) is 5.02 Å². The zero-order chi connectivity index (χ0) is 21.3. The van der Waals surface area contributed by atoms with E-state index >= 15 is 0 Å². The van der Waals surface area contributed by atoms with Crippen molar-refractivity contribution in [3.63, 3.8) is 0 Å². The SMILES string of the molecule is Cc1ccccc1Nc1nccc(-c2sc(N(C)c3ccc(F)c(Cl)c3)nc2C)n1. The van der Waals surface area contributed by atoms with E-state index in [4.69, 9.17) is 11.6 Å². The summed E-state index contributed by atoms with van der Waals surface area (Å²) in [5.41, 5.74) is 4.47. The van der Waals surface area contributed by atoms with Crippen molar-refractivity contribution in [1.29, 1.82) is 0 Å². The lowest BCUT2D eigenvalue weighted by molar-refractivity contribution is 0.628. The third kappa shape index (κ3) is 4.13. The number of nitrogens with one attached hydrogen (secondary N) is 1. The highest BCUT2D eigenvalue weighted by Gasteiger charge is 2.16. The van der Waals surface area contributed by atoms with Crippen LogP contribution in [0.25, 0.3) is 10.6 Å². The third-order valence-electron chi connectivity index (χ3n) is 4.64. The van der Waals surface area contributed by atoms with Crippen molar-refractivity contribution in [2.75, 3.05) is 17.3 Å². The van der Waals surface area contributed by atoms with Crippen LogP contribution in [0.5, 0.6) is 0 Å². The summed E-state index contributed by atoms with van der Waals surface area (Å²) in [5.74, 6) is 0.0781. The van der Waals surface area contributed by atoms with Gasteiger partial charge in [-0.3, -0.25) is 0 Å². The number of halogens is 2. The summed E-state index contributed by atoms with van der Waals surface area (Å²) < 4.78 is 13.5. The first kappa shape index (κ1) is 20.3. The van der Waals surface area contributed by atoms with Gasteiger partial charge in [-0.25, -0.2) is 19.3 Å². The first-order valence-electron chi connectivity index (χ1n) is 9.24. The molecule has 2 aromatic carbocycles. The molecule has 4 aromatic rings. The first-order valence-corrected chi connectivity index (χ1v) is 10.4. The van der Waals surface area contributed by atoms with Gasteiger partial charge in [0, 0.05) is 24.6 Å². The molecule has 0 fully saturated rings. The normalized spacial score (nSPS) is 10.8. The van der Waals surface area contributed by atoms with E-state index in [0.717, 1.165) is 38.3 Å². The van der Waals surface area contributed by atoms with Crippen molar-refractivity contribution < 1.29 is 4.39 Å². The van der Waals surface area contributed by atoms with Crippen LogP contribution in [0, 0.1) is 19.7 Å². The molecule has 2 heterocycles. The second-order valence-corrected chi connectivity index (χ2v) is 8.16. The summed E-state index contributed by atoms with van der Waals surface area (Å²) in [7, 11) is 1.87. The summed E-state index contributed by atoms with van der Waals surface area (Å²) >= 11 is 7.43. The van der Waals surface area contributed by atoms with Crippen molar-refractivity contribution in [2.24, 2.45) is 0 Å². The predicted octanol–water partition coefficient (Wildman–Crippen LogP) is 6.52. The standard InChI is InChI=1S/C22H19ClFN5S/c1-13-6-4-5-7-18(13)27-21-25-11-10-19(28-21)20-14(2)26-22(30-20)29(3)15-8-9-17(24)16(23)12-15/h4-12H,1-3H3,(H,25,27,28). The molecule has 5 nitrogen and oxygen atoms in total. The molecule has 0 atom stereocenters. The van der Waals surface area contributed by atoms with E-state index in [9.17, 15) is 4.39 Å². The van der Waals surface area contributed by atoms with E-state index < -0.39 is 5.82 Å². The second kappa shape index (κ2) is 8.38. The number of thiazole rings is 1. The lowest BCUT2D eigenvalue weighted by Crippen LogP contribution is -2.09. The third-order valence-corrected chi connectivity index (χ3v) is 6.19. The molecule has 4 rings (SSSR count). The molecule has 8 heteroatoms. The Balaban J connectivity index is 1.63. The van der Waals surface area contributed by atoms with Crippen molar-refractivity contribution in [3.05, 3.63) is 76.8 Å². The van der Waals surface area contributed by atoms with Gasteiger partial charge >= 0.3 is 0 Å². The van der Waals surface area contributed by atoms with Gasteiger partial charge < -0.3 is 10.2 Å². The van der Waals surface area contributed by atoms with Crippen LogP contribution in [0.2, 0.25) is 5.02 Å². The number of anilines is 4. The van der Waals surface area contributed by atoms with Crippen LogP contribution < -0.4 is 10.2 Å². The highest BCUT2D eigenvalue weighted by atomic mass is 35.5. The number of aromatic nitrogens is 3. The second-order valence-electron chi connectivity index (χ2n) is 6.77. The number of hydrogen-bond donors (Lipinski definition) is 1. The molecule has 0 saturated carbocycles. The average molecular weight is 440 g/mol. The van der Waals surface area contributed by atoms with Gasteiger partial charge in [0.25, 0.3) is 0 Å². The van der Waals surface area contributed by atoms with Gasteiger partial charge in [0.15, 0.2) is 5.13 Å². The molecule has 0 unspecified atom stereocenters. The summed E-state index contributed by atoms with van der Waals surface area (Å²) in [4.78, 5) is 16.5. The topological polar surface area (TPSA) is 53.9 Å². The van der Waals surface area contributed by atoms with Gasteiger partial charge in [-0.15, -0.1) is 0 Å². The van der Waals surface area contributed by atoms with Gasteiger partial charge in [-0.2, -0.15) is 0 Å². The van der Waals surface area contributed by atoms with Crippen LogP contribution in [0.4, 0.5) is 26.8 Å². The molecule has 2 aromatic heterocycles. The molecule has 152 valence electrons. The molecule has 0 aliphatic heterocycles. The maximum Gasteiger partial charge on any atom is 0.227 e. The molecule has 0 aliphatic rings. The van der Waals surface area contributed by atoms with E-state index in [2.05, 4.69) is 20.3 Å². The Kier molecular flexibility index (Phi) is 5.65. The van der Waals surface area contributed by atoms with Crippen LogP contribution in [0.15, 0.2) is 54.7 Å². The summed E-state index contributed by atoms with van der Waals surface area (Å²) in [6.45, 7) is 3.97. The minimum absolute atomic E-state index is 0.0792. The largest absolute Gasteiger partial charge is 0.324 e. The fraction of sp³-hybridized carbons (Fsp3) is 0.136. The maximum absolute atomic E-state index is 13.5. The molecular weight excluding hydrogens is 421 g/mol. The molecule has 0 aliphatic carbocycles. The van der Waals surface area contributed by atoms with Gasteiger partial charge in [0.2, 0.25) is 5.95 Å². The molecule has 0 bridgehead atoms. The van der Waals surface area contributed by atoms with Crippen LogP contribution >= 0.6 is 22.9 Å². The van der Waals surface area contributed by atoms with Gasteiger partial charge in [-0.1, -0.05) is 41.1 Å². The van der Waals surface area contributed by atoms with Crippen LogP contribution in [-0.4, -0.2) is 22.0 Å². The van der Waals surface area contributed by atoms with Crippen LogP contribution in [0.3, 0.4) is 0 Å². The average Bonchev–Trinajstić information content (AvgIpc) is 3.13. The number of rotatable bonds is 5. The maximum atomic E-state index is 13.5. The fourth-order valence-electron chi connectivity index (χ4n) is 2.95. The van der Waals surface area contributed by atoms with Crippen molar-refractivity contribution in [2.45, 2.75) is 13.8 Å². The highest BCUT2D eigenvalue weighted by molar-refractivity contribution is 7.19. The summed E-state index contributed by atoms with van der Waals surface area (Å²) in [5, 5.41) is 4.11. The van der Waals surface area contributed by atoms with E-state index in [1.807, 2.05) is 56.1 Å². The lowest BCUT2D eigenvalue weighted by Gasteiger charge is -2.16. The first-order chi connectivity index (χ1) is 14.4. The van der Waals surface area contributed by atoms with Gasteiger partial charge in [0.1, 0.15) is 5.82 Å². The summed E-state index contributed by atoms with van der Waals surface area (Å²) in [6.07, 6.45) is 1.73. The number of aryl methyl sites for hydroxylation is 2. The number of nitrogens with zero attached hydrogens (tertiary/aromatic N) is 4. The Bertz CT molecular complexity index is 1210. The monoisotopic (exact) mass is 439 g/mol. The number of para-hydroxylation sites is 1. The zero-order valence-corrected chi connectivity index (χ0v) is 18.2. The van der Waals surface area contributed by atoms with Crippen LogP contribution in [-0.2, 0) is 0 Å². The Morgan fingerprint density at radius 3 is 2.63 bits per heavy atom. The number of hydrogen-bond acceptors (Lipinski definition) is 6. The molecule has 0 amide bonds. The van der Waals surface area contributed by atoms with Gasteiger partial charge in [-0.05, 0) is 49.7 Å². The van der Waals surface area contributed by atoms with Gasteiger partial charge in [0.05, 0.1) is 21.3 Å². The molecular formula is C22H19ClFN5S. The summed E-state index contributed by atoms with van der Waals surface area (Å²) in [6, 6.07) is 14.5. The van der Waals surface area contributed by atoms with Crippen molar-refractivity contribution in [1.82, 2.24) is 15.0 Å². The van der Waals surface area contributed by atoms with E-state index in [1.54, 1.807) is 18.3 Å². The lowest BCUT2D eigenvalue weighted by atomic mass is 10.2.